The van der Waals surface area contributed by atoms with Crippen molar-refractivity contribution in [2.75, 3.05) is 0 Å². The molecule has 0 spiro atoms. The van der Waals surface area contributed by atoms with Gasteiger partial charge in [-0.1, -0.05) is 32.4 Å². The van der Waals surface area contributed by atoms with Crippen LogP contribution < -0.4 is 0 Å². The Morgan fingerprint density at radius 2 is 1.96 bits per heavy atom. The van der Waals surface area contributed by atoms with Gasteiger partial charge in [-0.3, -0.25) is 0 Å². The van der Waals surface area contributed by atoms with Crippen molar-refractivity contribution in [3.05, 3.63) is 33.0 Å². The van der Waals surface area contributed by atoms with Crippen LogP contribution in [0.2, 0.25) is 4.34 Å². The second-order valence-electron chi connectivity index (χ2n) is 7.95. The maximum atomic E-state index is 10.0. The van der Waals surface area contributed by atoms with Gasteiger partial charge in [0.25, 0.3) is 0 Å². The molecule has 2 aromatic heterocycles. The molecule has 4 rings (SSSR count). The van der Waals surface area contributed by atoms with Gasteiger partial charge < -0.3 is 9.67 Å². The third-order valence-corrected chi connectivity index (χ3v) is 6.35. The van der Waals surface area contributed by atoms with Crippen molar-refractivity contribution in [1.29, 1.82) is 0 Å². The van der Waals surface area contributed by atoms with E-state index in [1.165, 1.54) is 17.7 Å². The van der Waals surface area contributed by atoms with Crippen molar-refractivity contribution in [2.45, 2.75) is 69.4 Å². The summed E-state index contributed by atoms with van der Waals surface area (Å²) in [7, 11) is 0. The maximum Gasteiger partial charge on any atom is 0.145 e. The zero-order chi connectivity index (χ0) is 16.4. The zero-order valence-electron chi connectivity index (χ0n) is 13.7. The van der Waals surface area contributed by atoms with E-state index in [9.17, 15) is 5.11 Å². The van der Waals surface area contributed by atoms with Crippen molar-refractivity contribution >= 4 is 22.9 Å². The molecular weight excluding hydrogens is 330 g/mol. The first-order chi connectivity index (χ1) is 10.8. The minimum Gasteiger partial charge on any atom is -0.393 e. The van der Waals surface area contributed by atoms with Crippen LogP contribution in [0.1, 0.15) is 69.0 Å². The van der Waals surface area contributed by atoms with E-state index in [4.69, 9.17) is 11.6 Å². The molecule has 23 heavy (non-hydrogen) atoms. The highest BCUT2D eigenvalue weighted by molar-refractivity contribution is 7.16. The van der Waals surface area contributed by atoms with Gasteiger partial charge in [0.15, 0.2) is 0 Å². The van der Waals surface area contributed by atoms with Gasteiger partial charge in [-0.2, -0.15) is 0 Å². The Morgan fingerprint density at radius 3 is 2.43 bits per heavy atom. The number of aromatic nitrogens is 3. The van der Waals surface area contributed by atoms with Gasteiger partial charge in [0.2, 0.25) is 0 Å². The minimum atomic E-state index is -0.265. The van der Waals surface area contributed by atoms with E-state index in [1.54, 1.807) is 11.3 Å². The van der Waals surface area contributed by atoms with Crippen LogP contribution in [-0.2, 0) is 10.8 Å². The number of thiophene rings is 1. The van der Waals surface area contributed by atoms with E-state index in [1.807, 2.05) is 6.07 Å². The number of rotatable bonds is 3. The highest BCUT2D eigenvalue weighted by atomic mass is 35.5. The molecular formula is C17H22ClN3OS. The number of halogens is 1. The number of aliphatic hydroxyl groups is 1. The summed E-state index contributed by atoms with van der Waals surface area (Å²) in [6.45, 7) is 6.55. The third-order valence-electron chi connectivity index (χ3n) is 4.92. The fourth-order valence-corrected chi connectivity index (χ4v) is 4.87. The lowest BCUT2D eigenvalue weighted by Gasteiger charge is -2.44. The van der Waals surface area contributed by atoms with Crippen LogP contribution in [0.4, 0.5) is 0 Å². The van der Waals surface area contributed by atoms with Crippen LogP contribution in [0.3, 0.4) is 0 Å². The predicted molar refractivity (Wildman–Crippen MR) is 92.3 cm³/mol. The largest absolute Gasteiger partial charge is 0.393 e. The normalized spacial score (nSPS) is 28.0. The van der Waals surface area contributed by atoms with Crippen molar-refractivity contribution in [1.82, 2.24) is 14.8 Å². The molecule has 0 amide bonds. The quantitative estimate of drug-likeness (QED) is 0.906. The summed E-state index contributed by atoms with van der Waals surface area (Å²) in [5, 5.41) is 19.2. The zero-order valence-corrected chi connectivity index (χ0v) is 15.3. The highest BCUT2D eigenvalue weighted by Gasteiger charge is 2.52. The second kappa shape index (κ2) is 5.04. The van der Waals surface area contributed by atoms with Crippen LogP contribution in [-0.4, -0.2) is 26.0 Å². The van der Waals surface area contributed by atoms with Crippen LogP contribution in [0, 0.1) is 0 Å². The van der Waals surface area contributed by atoms with Crippen molar-refractivity contribution < 1.29 is 5.11 Å². The first kappa shape index (κ1) is 15.6. The van der Waals surface area contributed by atoms with Gasteiger partial charge >= 0.3 is 0 Å². The summed E-state index contributed by atoms with van der Waals surface area (Å²) in [5.41, 5.74) is -0.263. The molecule has 1 N–H and O–H groups in total. The summed E-state index contributed by atoms with van der Waals surface area (Å²) in [6, 6.07) is 4.54. The average molecular weight is 352 g/mol. The van der Waals surface area contributed by atoms with Crippen LogP contribution >= 0.6 is 22.9 Å². The average Bonchev–Trinajstić information content (AvgIpc) is 3.00. The number of aliphatic hydroxyl groups excluding tert-OH is 1. The molecule has 2 saturated carbocycles. The van der Waals surface area contributed by atoms with Gasteiger partial charge in [-0.05, 0) is 37.8 Å². The molecule has 0 unspecified atom stereocenters. The van der Waals surface area contributed by atoms with Crippen molar-refractivity contribution in [2.24, 2.45) is 0 Å². The van der Waals surface area contributed by atoms with Crippen LogP contribution in [0.25, 0.3) is 0 Å². The SMILES string of the molecule is CC(C)(C)c1nnc([C@]2(c3ccc(Cl)s3)C[C@H](O)C2)n1C1CC1. The number of hydrogen-bond acceptors (Lipinski definition) is 4. The lowest BCUT2D eigenvalue weighted by molar-refractivity contribution is 0.0333. The van der Waals surface area contributed by atoms with Gasteiger partial charge in [-0.25, -0.2) is 0 Å². The Balaban J connectivity index is 1.86. The maximum absolute atomic E-state index is 10.0. The smallest absolute Gasteiger partial charge is 0.145 e. The summed E-state index contributed by atoms with van der Waals surface area (Å²) in [5.74, 6) is 2.08. The van der Waals surface area contributed by atoms with Crippen LogP contribution in [0.5, 0.6) is 0 Å². The molecule has 4 nitrogen and oxygen atoms in total. The van der Waals surface area contributed by atoms with Gasteiger partial charge in [0, 0.05) is 16.3 Å². The van der Waals surface area contributed by atoms with Gasteiger partial charge in [0.05, 0.1) is 15.9 Å². The van der Waals surface area contributed by atoms with Crippen LogP contribution in [0.15, 0.2) is 12.1 Å². The highest BCUT2D eigenvalue weighted by Crippen LogP contribution is 2.53. The van der Waals surface area contributed by atoms with Crippen molar-refractivity contribution in [3.8, 4) is 0 Å². The van der Waals surface area contributed by atoms with Gasteiger partial charge in [0.1, 0.15) is 11.6 Å². The molecule has 6 heteroatoms. The van der Waals surface area contributed by atoms with E-state index in [0.717, 1.165) is 16.0 Å². The Bertz CT molecular complexity index is 735. The Kier molecular flexibility index (Phi) is 3.42. The second-order valence-corrected chi connectivity index (χ2v) is 9.66. The molecule has 0 aliphatic heterocycles. The Labute approximate surface area is 145 Å². The molecule has 2 aromatic rings. The molecule has 2 aliphatic carbocycles. The molecule has 0 atom stereocenters. The minimum absolute atomic E-state index is 0.0372. The fraction of sp³-hybridized carbons (Fsp3) is 0.647. The van der Waals surface area contributed by atoms with E-state index < -0.39 is 0 Å². The number of nitrogens with zero attached hydrogens (tertiary/aromatic N) is 3. The molecule has 0 bridgehead atoms. The lowest BCUT2D eigenvalue weighted by atomic mass is 9.65. The lowest BCUT2D eigenvalue weighted by Crippen LogP contribution is -2.47. The molecule has 2 aliphatic rings. The summed E-state index contributed by atoms with van der Waals surface area (Å²) in [4.78, 5) is 1.20. The first-order valence-electron chi connectivity index (χ1n) is 8.21. The molecule has 124 valence electrons. The molecule has 2 fully saturated rings. The van der Waals surface area contributed by atoms with E-state index in [-0.39, 0.29) is 16.9 Å². The molecule has 0 aromatic carbocycles. The Hall–Kier alpha value is -0.910. The fourth-order valence-electron chi connectivity index (χ4n) is 3.62. The van der Waals surface area contributed by atoms with Gasteiger partial charge in [-0.15, -0.1) is 21.5 Å². The summed E-state index contributed by atoms with van der Waals surface area (Å²) < 4.78 is 3.15. The molecule has 2 heterocycles. The third kappa shape index (κ3) is 2.44. The van der Waals surface area contributed by atoms with Crippen molar-refractivity contribution in [3.63, 3.8) is 0 Å². The molecule has 0 saturated heterocycles. The van der Waals surface area contributed by atoms with E-state index in [0.29, 0.717) is 18.9 Å². The number of hydrogen-bond donors (Lipinski definition) is 1. The molecule has 0 radical (unpaired) electrons. The monoisotopic (exact) mass is 351 g/mol. The topological polar surface area (TPSA) is 50.9 Å². The summed E-state index contributed by atoms with van der Waals surface area (Å²) >= 11 is 7.78. The van der Waals surface area contributed by atoms with E-state index >= 15 is 0 Å². The van der Waals surface area contributed by atoms with E-state index in [2.05, 4.69) is 41.6 Å². The predicted octanol–water partition coefficient (Wildman–Crippen LogP) is 4.07. The Morgan fingerprint density at radius 1 is 1.26 bits per heavy atom. The summed E-state index contributed by atoms with van der Waals surface area (Å²) in [6.07, 6.45) is 3.53. The first-order valence-corrected chi connectivity index (χ1v) is 9.40. The standard InChI is InChI=1S/C17H22ClN3OS/c1-16(2,3)14-19-20-15(21(14)10-4-5-10)17(8-11(22)9-17)12-6-7-13(18)23-12/h6-7,10-11,22H,4-5,8-9H2,1-3H3/t11-,17+.